The number of rotatable bonds is 6. The van der Waals surface area contributed by atoms with E-state index in [1.165, 1.54) is 18.4 Å². The number of nitrogens with one attached hydrogen (secondary N) is 1. The number of amides is 2. The van der Waals surface area contributed by atoms with E-state index in [1.54, 1.807) is 4.68 Å². The van der Waals surface area contributed by atoms with Crippen LogP contribution in [0.4, 0.5) is 4.79 Å². The molecule has 1 N–H and O–H groups in total. The highest BCUT2D eigenvalue weighted by atomic mass is 16.2. The van der Waals surface area contributed by atoms with Crippen molar-refractivity contribution in [2.75, 3.05) is 13.1 Å². The third kappa shape index (κ3) is 5.20. The van der Waals surface area contributed by atoms with Crippen molar-refractivity contribution in [2.24, 2.45) is 13.0 Å². The monoisotopic (exact) mass is 304 g/mol. The molecule has 5 heteroatoms. The van der Waals surface area contributed by atoms with Crippen LogP contribution in [0.5, 0.6) is 0 Å². The molecule has 2 amide bonds. The lowest BCUT2D eigenvalue weighted by Crippen LogP contribution is -2.42. The molecular weight excluding hydrogens is 276 g/mol. The van der Waals surface area contributed by atoms with Crippen LogP contribution in [0.1, 0.15) is 45.1 Å². The minimum atomic E-state index is 0.0176. The van der Waals surface area contributed by atoms with Crippen LogP contribution >= 0.6 is 0 Å². The summed E-state index contributed by atoms with van der Waals surface area (Å²) in [6, 6.07) is 0.0176. The first-order chi connectivity index (χ1) is 10.5. The zero-order valence-corrected chi connectivity index (χ0v) is 14.0. The van der Waals surface area contributed by atoms with Crippen LogP contribution in [0.25, 0.3) is 0 Å². The Labute approximate surface area is 133 Å². The number of nitrogens with zero attached hydrogens (tertiary/aromatic N) is 3. The van der Waals surface area contributed by atoms with Gasteiger partial charge in [-0.05, 0) is 31.6 Å². The molecule has 1 aromatic heterocycles. The summed E-state index contributed by atoms with van der Waals surface area (Å²) >= 11 is 0. The van der Waals surface area contributed by atoms with Gasteiger partial charge < -0.3 is 10.2 Å². The Morgan fingerprint density at radius 2 is 2.27 bits per heavy atom. The molecule has 22 heavy (non-hydrogen) atoms. The maximum absolute atomic E-state index is 12.5. The molecule has 1 aliphatic rings. The first-order valence-corrected chi connectivity index (χ1v) is 8.23. The van der Waals surface area contributed by atoms with Gasteiger partial charge in [0.2, 0.25) is 0 Å². The van der Waals surface area contributed by atoms with Crippen LogP contribution in [-0.2, 0) is 13.6 Å². The average molecular weight is 304 g/mol. The molecule has 0 bridgehead atoms. The zero-order chi connectivity index (χ0) is 15.9. The van der Waals surface area contributed by atoms with Gasteiger partial charge in [-0.15, -0.1) is 0 Å². The van der Waals surface area contributed by atoms with Crippen LogP contribution in [0.3, 0.4) is 0 Å². The molecule has 0 fully saturated rings. The number of allylic oxidation sites excluding steroid dienone is 1. The van der Waals surface area contributed by atoms with Gasteiger partial charge in [-0.25, -0.2) is 4.79 Å². The van der Waals surface area contributed by atoms with Crippen LogP contribution in [0, 0.1) is 5.92 Å². The lowest BCUT2D eigenvalue weighted by atomic mass is 10.00. The summed E-state index contributed by atoms with van der Waals surface area (Å²) in [6.45, 7) is 6.30. The van der Waals surface area contributed by atoms with Crippen LogP contribution in [-0.4, -0.2) is 33.8 Å². The molecular formula is C17H28N4O. The van der Waals surface area contributed by atoms with Gasteiger partial charge in [0, 0.05) is 31.9 Å². The highest BCUT2D eigenvalue weighted by Gasteiger charge is 2.16. The third-order valence-electron chi connectivity index (χ3n) is 3.86. The molecule has 0 saturated carbocycles. The van der Waals surface area contributed by atoms with E-state index in [9.17, 15) is 4.79 Å². The summed E-state index contributed by atoms with van der Waals surface area (Å²) in [7, 11) is 1.89. The number of hydrogen-bond acceptors (Lipinski definition) is 2. The highest BCUT2D eigenvalue weighted by Crippen LogP contribution is 2.16. The molecule has 122 valence electrons. The van der Waals surface area contributed by atoms with Crippen molar-refractivity contribution >= 4 is 6.03 Å². The SMILES string of the molecule is CC(C)CN(Cc1cnn(C)c1)C(=O)NCC1=CCCCC1. The van der Waals surface area contributed by atoms with Gasteiger partial charge in [-0.3, -0.25) is 4.68 Å². The van der Waals surface area contributed by atoms with Crippen molar-refractivity contribution in [1.29, 1.82) is 0 Å². The smallest absolute Gasteiger partial charge is 0.317 e. The molecule has 0 aromatic carbocycles. The molecule has 1 heterocycles. The van der Waals surface area contributed by atoms with Crippen molar-refractivity contribution in [3.63, 3.8) is 0 Å². The molecule has 0 atom stereocenters. The average Bonchev–Trinajstić information content (AvgIpc) is 2.90. The number of aryl methyl sites for hydroxylation is 1. The normalized spacial score (nSPS) is 14.8. The minimum Gasteiger partial charge on any atom is -0.334 e. The van der Waals surface area contributed by atoms with Crippen LogP contribution in [0.15, 0.2) is 24.0 Å². The van der Waals surface area contributed by atoms with Crippen molar-refractivity contribution in [3.05, 3.63) is 29.6 Å². The molecule has 2 rings (SSSR count). The van der Waals surface area contributed by atoms with Crippen LogP contribution in [0.2, 0.25) is 0 Å². The maximum Gasteiger partial charge on any atom is 0.317 e. The third-order valence-corrected chi connectivity index (χ3v) is 3.86. The summed E-state index contributed by atoms with van der Waals surface area (Å²) < 4.78 is 1.77. The number of urea groups is 1. The first-order valence-electron chi connectivity index (χ1n) is 8.23. The van der Waals surface area contributed by atoms with E-state index < -0.39 is 0 Å². The molecule has 5 nitrogen and oxygen atoms in total. The fraction of sp³-hybridized carbons (Fsp3) is 0.647. The largest absolute Gasteiger partial charge is 0.334 e. The van der Waals surface area contributed by atoms with E-state index in [2.05, 4.69) is 30.3 Å². The van der Waals surface area contributed by atoms with Gasteiger partial charge in [0.1, 0.15) is 0 Å². The quantitative estimate of drug-likeness (QED) is 0.821. The predicted molar refractivity (Wildman–Crippen MR) is 88.4 cm³/mol. The molecule has 1 aliphatic carbocycles. The molecule has 0 spiro atoms. The fourth-order valence-corrected chi connectivity index (χ4v) is 2.80. The van der Waals surface area contributed by atoms with E-state index in [0.717, 1.165) is 24.9 Å². The molecule has 0 aliphatic heterocycles. The second-order valence-corrected chi connectivity index (χ2v) is 6.56. The topological polar surface area (TPSA) is 50.2 Å². The lowest BCUT2D eigenvalue weighted by molar-refractivity contribution is 0.188. The highest BCUT2D eigenvalue weighted by molar-refractivity contribution is 5.74. The Balaban J connectivity index is 1.91. The zero-order valence-electron chi connectivity index (χ0n) is 14.0. The standard InChI is InChI=1S/C17H28N4O/c1-14(2)11-21(13-16-10-19-20(3)12-16)17(22)18-9-15-7-5-4-6-8-15/h7,10,12,14H,4-6,8-9,11,13H2,1-3H3,(H,18,22). The van der Waals surface area contributed by atoms with Gasteiger partial charge in [0.05, 0.1) is 12.7 Å². The van der Waals surface area contributed by atoms with E-state index >= 15 is 0 Å². The van der Waals surface area contributed by atoms with Gasteiger partial charge >= 0.3 is 6.03 Å². The first kappa shape index (κ1) is 16.6. The number of carbonyl (C=O) groups excluding carboxylic acids is 1. The van der Waals surface area contributed by atoms with E-state index in [4.69, 9.17) is 0 Å². The molecule has 0 unspecified atom stereocenters. The Morgan fingerprint density at radius 3 is 2.86 bits per heavy atom. The van der Waals surface area contributed by atoms with E-state index in [-0.39, 0.29) is 6.03 Å². The Kier molecular flexibility index (Phi) is 6.04. The minimum absolute atomic E-state index is 0.0176. The molecule has 0 radical (unpaired) electrons. The van der Waals surface area contributed by atoms with E-state index in [1.807, 2.05) is 24.3 Å². The van der Waals surface area contributed by atoms with Gasteiger partial charge in [-0.2, -0.15) is 5.10 Å². The van der Waals surface area contributed by atoms with Crippen molar-refractivity contribution in [2.45, 2.75) is 46.1 Å². The number of hydrogen-bond donors (Lipinski definition) is 1. The Hall–Kier alpha value is -1.78. The van der Waals surface area contributed by atoms with Crippen molar-refractivity contribution < 1.29 is 4.79 Å². The van der Waals surface area contributed by atoms with Crippen molar-refractivity contribution in [3.8, 4) is 0 Å². The summed E-state index contributed by atoms with van der Waals surface area (Å²) in [5.41, 5.74) is 2.43. The summed E-state index contributed by atoms with van der Waals surface area (Å²) in [5, 5.41) is 7.25. The Bertz CT molecular complexity index is 518. The fourth-order valence-electron chi connectivity index (χ4n) is 2.80. The van der Waals surface area contributed by atoms with Gasteiger partial charge in [0.25, 0.3) is 0 Å². The maximum atomic E-state index is 12.5. The molecule has 0 saturated heterocycles. The Morgan fingerprint density at radius 1 is 1.45 bits per heavy atom. The number of aromatic nitrogens is 2. The van der Waals surface area contributed by atoms with Crippen LogP contribution < -0.4 is 5.32 Å². The molecule has 1 aromatic rings. The lowest BCUT2D eigenvalue weighted by Gasteiger charge is -2.25. The summed E-state index contributed by atoms with van der Waals surface area (Å²) in [4.78, 5) is 14.4. The second kappa shape index (κ2) is 8.01. The van der Waals surface area contributed by atoms with Crippen molar-refractivity contribution in [1.82, 2.24) is 20.0 Å². The number of carbonyl (C=O) groups is 1. The second-order valence-electron chi connectivity index (χ2n) is 6.56. The van der Waals surface area contributed by atoms with Gasteiger partial charge in [-0.1, -0.05) is 25.5 Å². The predicted octanol–water partition coefficient (Wildman–Crippen LogP) is 3.09. The summed E-state index contributed by atoms with van der Waals surface area (Å²) in [6.07, 6.45) is 10.8. The van der Waals surface area contributed by atoms with Gasteiger partial charge in [0.15, 0.2) is 0 Å². The van der Waals surface area contributed by atoms with E-state index in [0.29, 0.717) is 19.0 Å². The summed E-state index contributed by atoms with van der Waals surface area (Å²) in [5.74, 6) is 0.441.